The lowest BCUT2D eigenvalue weighted by Crippen LogP contribution is -2.55. The number of rotatable bonds is 7. The Labute approximate surface area is 196 Å². The highest BCUT2D eigenvalue weighted by Crippen LogP contribution is 2.41. The van der Waals surface area contributed by atoms with Crippen LogP contribution >= 0.6 is 11.8 Å². The van der Waals surface area contributed by atoms with E-state index in [0.717, 1.165) is 28.6 Å². The molecule has 0 unspecified atom stereocenters. The van der Waals surface area contributed by atoms with Crippen LogP contribution in [0.25, 0.3) is 11.3 Å². The van der Waals surface area contributed by atoms with E-state index in [1.54, 1.807) is 24.3 Å². The number of hydrogen-bond donors (Lipinski definition) is 3. The average molecular weight is 497 g/mol. The Bertz CT molecular complexity index is 1130. The molecule has 34 heavy (non-hydrogen) atoms. The van der Waals surface area contributed by atoms with E-state index in [0.29, 0.717) is 17.3 Å². The number of para-hydroxylation sites is 1. The SMILES string of the molecule is CCOc1ccccc1S[C@H]1O[C@H](CO)[C@H](O)[C@H](n2cc(-c3cc(F)c(F)c(F)c3)nn2)[C@H]1O. The molecular weight excluding hydrogens is 475 g/mol. The Morgan fingerprint density at radius 3 is 2.50 bits per heavy atom. The fourth-order valence-corrected chi connectivity index (χ4v) is 4.83. The Morgan fingerprint density at radius 1 is 1.12 bits per heavy atom. The highest BCUT2D eigenvalue weighted by atomic mass is 32.2. The molecular formula is C22H22F3N3O5S. The molecule has 4 rings (SSSR count). The number of aliphatic hydroxyl groups excluding tert-OH is 3. The van der Waals surface area contributed by atoms with Gasteiger partial charge in [-0.15, -0.1) is 5.10 Å². The Kier molecular flexibility index (Phi) is 7.43. The van der Waals surface area contributed by atoms with Crippen LogP contribution in [0.2, 0.25) is 0 Å². The summed E-state index contributed by atoms with van der Waals surface area (Å²) < 4.78 is 53.1. The molecule has 1 aliphatic rings. The Morgan fingerprint density at radius 2 is 1.82 bits per heavy atom. The first-order valence-corrected chi connectivity index (χ1v) is 11.3. The van der Waals surface area contributed by atoms with Gasteiger partial charge in [0.05, 0.1) is 24.3 Å². The zero-order chi connectivity index (χ0) is 24.4. The van der Waals surface area contributed by atoms with Crippen molar-refractivity contribution in [1.29, 1.82) is 0 Å². The van der Waals surface area contributed by atoms with Gasteiger partial charge in [0.1, 0.15) is 41.2 Å². The summed E-state index contributed by atoms with van der Waals surface area (Å²) in [4.78, 5) is 0.678. The number of nitrogens with zero attached hydrogens (tertiary/aromatic N) is 3. The van der Waals surface area contributed by atoms with E-state index >= 15 is 0 Å². The first kappa shape index (κ1) is 24.5. The van der Waals surface area contributed by atoms with Crippen LogP contribution in [0.4, 0.5) is 13.2 Å². The van der Waals surface area contributed by atoms with E-state index in [9.17, 15) is 28.5 Å². The highest BCUT2D eigenvalue weighted by Gasteiger charge is 2.46. The van der Waals surface area contributed by atoms with E-state index in [1.807, 2.05) is 6.92 Å². The molecule has 0 amide bonds. The second kappa shape index (κ2) is 10.3. The van der Waals surface area contributed by atoms with Crippen molar-refractivity contribution in [2.24, 2.45) is 0 Å². The maximum Gasteiger partial charge on any atom is 0.194 e. The van der Waals surface area contributed by atoms with Gasteiger partial charge in [-0.2, -0.15) is 0 Å². The summed E-state index contributed by atoms with van der Waals surface area (Å²) in [5.41, 5.74) is -1.01. The number of benzene rings is 2. The van der Waals surface area contributed by atoms with Crippen molar-refractivity contribution in [2.75, 3.05) is 13.2 Å². The fourth-order valence-electron chi connectivity index (χ4n) is 3.68. The molecule has 1 saturated heterocycles. The van der Waals surface area contributed by atoms with Crippen LogP contribution in [-0.2, 0) is 4.74 Å². The molecule has 0 bridgehead atoms. The molecule has 5 atom stereocenters. The Balaban J connectivity index is 1.64. The van der Waals surface area contributed by atoms with Crippen molar-refractivity contribution in [3.8, 4) is 17.0 Å². The molecule has 1 aliphatic heterocycles. The number of halogens is 3. The van der Waals surface area contributed by atoms with Gasteiger partial charge in [0.15, 0.2) is 17.5 Å². The topological polar surface area (TPSA) is 110 Å². The zero-order valence-electron chi connectivity index (χ0n) is 17.9. The summed E-state index contributed by atoms with van der Waals surface area (Å²) in [5.74, 6) is -3.80. The molecule has 12 heteroatoms. The maximum atomic E-state index is 13.6. The minimum Gasteiger partial charge on any atom is -0.493 e. The minimum absolute atomic E-state index is 0.00450. The van der Waals surface area contributed by atoms with Crippen LogP contribution in [0.5, 0.6) is 5.75 Å². The third-order valence-corrected chi connectivity index (χ3v) is 6.55. The normalized spacial score (nSPS) is 24.9. The van der Waals surface area contributed by atoms with Crippen molar-refractivity contribution < 1.29 is 38.0 Å². The quantitative estimate of drug-likeness (QED) is 0.428. The van der Waals surface area contributed by atoms with Gasteiger partial charge in [-0.05, 0) is 31.2 Å². The third kappa shape index (κ3) is 4.77. The van der Waals surface area contributed by atoms with Crippen molar-refractivity contribution in [3.63, 3.8) is 0 Å². The standard InChI is InChI=1S/C22H22F3N3O5S/c1-2-32-15-5-3-4-6-17(15)34-22-21(31)19(20(30)16(10-29)33-22)28-9-14(26-27-28)11-7-12(23)18(25)13(24)8-11/h3-9,16,19-22,29-31H,2,10H2,1H3/t16-,19+,20+,21-,22-/m1/s1. The summed E-state index contributed by atoms with van der Waals surface area (Å²) in [6.45, 7) is 1.73. The lowest BCUT2D eigenvalue weighted by molar-refractivity contribution is -0.178. The largest absolute Gasteiger partial charge is 0.493 e. The van der Waals surface area contributed by atoms with E-state index < -0.39 is 53.8 Å². The molecule has 2 heterocycles. The molecule has 0 spiro atoms. The van der Waals surface area contributed by atoms with Crippen LogP contribution in [0.15, 0.2) is 47.5 Å². The van der Waals surface area contributed by atoms with E-state index in [2.05, 4.69) is 10.3 Å². The lowest BCUT2D eigenvalue weighted by Gasteiger charge is -2.41. The fraction of sp³-hybridized carbons (Fsp3) is 0.364. The van der Waals surface area contributed by atoms with Gasteiger partial charge in [0.2, 0.25) is 0 Å². The van der Waals surface area contributed by atoms with Crippen LogP contribution in [0.3, 0.4) is 0 Å². The van der Waals surface area contributed by atoms with Gasteiger partial charge < -0.3 is 24.8 Å². The monoisotopic (exact) mass is 497 g/mol. The molecule has 8 nitrogen and oxygen atoms in total. The first-order valence-electron chi connectivity index (χ1n) is 10.4. The molecule has 3 N–H and O–H groups in total. The van der Waals surface area contributed by atoms with Gasteiger partial charge in [-0.3, -0.25) is 0 Å². The van der Waals surface area contributed by atoms with Gasteiger partial charge in [0, 0.05) is 5.56 Å². The van der Waals surface area contributed by atoms with E-state index in [4.69, 9.17) is 9.47 Å². The summed E-state index contributed by atoms with van der Waals surface area (Å²) >= 11 is 1.15. The third-order valence-electron chi connectivity index (χ3n) is 5.34. The summed E-state index contributed by atoms with van der Waals surface area (Å²) in [5, 5.41) is 39.3. The van der Waals surface area contributed by atoms with E-state index in [1.165, 1.54) is 6.20 Å². The predicted octanol–water partition coefficient (Wildman–Crippen LogP) is 2.53. The minimum atomic E-state index is -1.61. The molecule has 0 aliphatic carbocycles. The molecule has 0 radical (unpaired) electrons. The highest BCUT2D eigenvalue weighted by molar-refractivity contribution is 8.00. The van der Waals surface area contributed by atoms with Gasteiger partial charge in [-0.25, -0.2) is 17.9 Å². The molecule has 3 aromatic rings. The summed E-state index contributed by atoms with van der Waals surface area (Å²) in [6.07, 6.45) is -2.50. The van der Waals surface area contributed by atoms with Gasteiger partial charge in [0.25, 0.3) is 0 Å². The second-order valence-electron chi connectivity index (χ2n) is 7.53. The first-order chi connectivity index (χ1) is 16.3. The molecule has 1 aromatic heterocycles. The van der Waals surface area contributed by atoms with Crippen molar-refractivity contribution in [2.45, 2.75) is 41.6 Å². The lowest BCUT2D eigenvalue weighted by atomic mass is 9.97. The van der Waals surface area contributed by atoms with Crippen molar-refractivity contribution in [3.05, 3.63) is 60.0 Å². The molecule has 1 fully saturated rings. The number of thioether (sulfide) groups is 1. The smallest absolute Gasteiger partial charge is 0.194 e. The number of ether oxygens (including phenoxy) is 2. The van der Waals surface area contributed by atoms with Gasteiger partial charge >= 0.3 is 0 Å². The predicted molar refractivity (Wildman–Crippen MR) is 116 cm³/mol. The number of hydrogen-bond acceptors (Lipinski definition) is 8. The van der Waals surface area contributed by atoms with Crippen molar-refractivity contribution >= 4 is 11.8 Å². The zero-order valence-corrected chi connectivity index (χ0v) is 18.7. The summed E-state index contributed by atoms with van der Waals surface area (Å²) in [6, 6.07) is 7.56. The molecule has 0 saturated carbocycles. The van der Waals surface area contributed by atoms with Crippen LogP contribution < -0.4 is 4.74 Å². The number of aliphatic hydroxyl groups is 3. The number of aromatic nitrogens is 3. The second-order valence-corrected chi connectivity index (χ2v) is 8.67. The Hall–Kier alpha value is -2.64. The maximum absolute atomic E-state index is 13.6. The average Bonchev–Trinajstić information content (AvgIpc) is 3.30. The van der Waals surface area contributed by atoms with Crippen LogP contribution in [0, 0.1) is 17.5 Å². The van der Waals surface area contributed by atoms with Crippen molar-refractivity contribution in [1.82, 2.24) is 15.0 Å². The van der Waals surface area contributed by atoms with Crippen LogP contribution in [-0.4, -0.2) is 67.3 Å². The molecule has 2 aromatic carbocycles. The molecule has 182 valence electrons. The van der Waals surface area contributed by atoms with Crippen LogP contribution in [0.1, 0.15) is 13.0 Å². The summed E-state index contributed by atoms with van der Waals surface area (Å²) in [7, 11) is 0. The van der Waals surface area contributed by atoms with E-state index in [-0.39, 0.29) is 11.3 Å². The van der Waals surface area contributed by atoms with Gasteiger partial charge in [-0.1, -0.05) is 29.1 Å².